The van der Waals surface area contributed by atoms with Crippen LogP contribution in [0.1, 0.15) is 32.8 Å². The summed E-state index contributed by atoms with van der Waals surface area (Å²) in [6, 6.07) is 15.7. The minimum atomic E-state index is -4.50. The SMILES string of the molecule is COc1cc(OC)c(/C=C/C(c2ccc(OC)c(NCC(=O)O)c2)S(=O)(=O)C(/C=C/c2c(OC)cc(OC)cc2OC)c2ccc(OC)c(NCC(=O)O)c2)c(OC)c1. The summed E-state index contributed by atoms with van der Waals surface area (Å²) >= 11 is 0. The highest BCUT2D eigenvalue weighted by Crippen LogP contribution is 2.44. The van der Waals surface area contributed by atoms with E-state index in [1.165, 1.54) is 93.3 Å². The molecule has 0 aliphatic heterocycles. The summed E-state index contributed by atoms with van der Waals surface area (Å²) in [4.78, 5) is 23.1. The molecule has 16 nitrogen and oxygen atoms in total. The van der Waals surface area contributed by atoms with Crippen LogP contribution < -0.4 is 48.5 Å². The molecule has 4 N–H and O–H groups in total. The number of rotatable bonds is 22. The summed E-state index contributed by atoms with van der Waals surface area (Å²) in [6.07, 6.45) is 6.04. The van der Waals surface area contributed by atoms with Gasteiger partial charge in [-0.1, -0.05) is 24.3 Å². The average Bonchev–Trinajstić information content (AvgIpc) is 3.24. The topological polar surface area (TPSA) is 207 Å². The number of carboxylic acid groups (broad SMARTS) is 2. The monoisotopic (exact) mass is 836 g/mol. The first-order valence-corrected chi connectivity index (χ1v) is 19.4. The lowest BCUT2D eigenvalue weighted by Crippen LogP contribution is -2.20. The van der Waals surface area contributed by atoms with E-state index in [9.17, 15) is 19.8 Å². The Balaban J connectivity index is 2.08. The number of sulfone groups is 1. The molecular formula is C42H48N2O14S. The molecule has 0 aromatic heterocycles. The quantitative estimate of drug-likeness (QED) is 0.0678. The lowest BCUT2D eigenvalue weighted by Gasteiger charge is -2.24. The number of aliphatic carboxylic acids is 2. The first-order valence-electron chi connectivity index (χ1n) is 17.7. The van der Waals surface area contributed by atoms with Gasteiger partial charge < -0.3 is 58.7 Å². The fraction of sp³-hybridized carbons (Fsp3) is 0.286. The van der Waals surface area contributed by atoms with E-state index in [4.69, 9.17) is 37.9 Å². The third-order valence-corrected chi connectivity index (χ3v) is 11.3. The van der Waals surface area contributed by atoms with Crippen molar-refractivity contribution in [3.63, 3.8) is 0 Å². The normalized spacial score (nSPS) is 12.3. The molecule has 2 atom stereocenters. The minimum Gasteiger partial charge on any atom is -0.496 e. The number of benzene rings is 4. The van der Waals surface area contributed by atoms with E-state index in [1.807, 2.05) is 0 Å². The van der Waals surface area contributed by atoms with E-state index in [0.29, 0.717) is 45.6 Å². The number of nitrogens with one attached hydrogen (secondary N) is 2. The molecule has 59 heavy (non-hydrogen) atoms. The average molecular weight is 837 g/mol. The van der Waals surface area contributed by atoms with Crippen LogP contribution in [0.4, 0.5) is 11.4 Å². The van der Waals surface area contributed by atoms with Crippen LogP contribution in [0.3, 0.4) is 0 Å². The van der Waals surface area contributed by atoms with E-state index in [2.05, 4.69) is 10.6 Å². The third-order valence-electron chi connectivity index (χ3n) is 9.05. The maximum atomic E-state index is 15.6. The van der Waals surface area contributed by atoms with Crippen LogP contribution in [0.25, 0.3) is 12.2 Å². The Kier molecular flexibility index (Phi) is 15.7. The smallest absolute Gasteiger partial charge is 0.322 e. The van der Waals surface area contributed by atoms with E-state index in [1.54, 1.807) is 48.6 Å². The Hall–Kier alpha value is -6.75. The molecule has 0 aliphatic rings. The Bertz CT molecular complexity index is 2090. The van der Waals surface area contributed by atoms with Crippen molar-refractivity contribution in [2.75, 3.05) is 80.6 Å². The molecule has 0 saturated heterocycles. The predicted molar refractivity (Wildman–Crippen MR) is 223 cm³/mol. The number of anilines is 2. The Labute approximate surface area is 342 Å². The first-order chi connectivity index (χ1) is 28.3. The standard InChI is InChI=1S/C42H48N2O14S/c1-51-27-19-35(55-5)29(36(20-27)56-6)11-15-39(25-9-13-33(53-3)31(17-25)43-23-41(45)46)59(49,50)40(26-10-14-34(54-4)32(18-26)44-24-42(47)48)16-12-30-37(57-7)21-28(52-2)22-38(30)58-8/h9-22,39-40,43-44H,23-24H2,1-8H3,(H,45,46)(H,47,48)/b15-11+,16-12+. The second kappa shape index (κ2) is 20.6. The molecule has 2 unspecified atom stereocenters. The van der Waals surface area contributed by atoms with Crippen molar-refractivity contribution >= 4 is 45.3 Å². The van der Waals surface area contributed by atoms with Crippen LogP contribution in [0, 0.1) is 0 Å². The summed E-state index contributed by atoms with van der Waals surface area (Å²) in [7, 11) is 7.07. The molecule has 17 heteroatoms. The van der Waals surface area contributed by atoms with E-state index >= 15 is 8.42 Å². The van der Waals surface area contributed by atoms with Crippen molar-refractivity contribution < 1.29 is 66.1 Å². The second-order valence-electron chi connectivity index (χ2n) is 12.5. The van der Waals surface area contributed by atoms with Crippen LogP contribution >= 0.6 is 0 Å². The van der Waals surface area contributed by atoms with E-state index in [0.717, 1.165) is 0 Å². The molecule has 0 bridgehead atoms. The fourth-order valence-electron chi connectivity index (χ4n) is 6.16. The van der Waals surface area contributed by atoms with Crippen molar-refractivity contribution in [1.82, 2.24) is 0 Å². The first kappa shape index (κ1) is 45.0. The molecule has 0 amide bonds. The van der Waals surface area contributed by atoms with Crippen LogP contribution in [-0.4, -0.2) is 101 Å². The van der Waals surface area contributed by atoms with Gasteiger partial charge in [-0.15, -0.1) is 0 Å². The Morgan fingerprint density at radius 3 is 1.12 bits per heavy atom. The van der Waals surface area contributed by atoms with Crippen LogP contribution in [0.15, 0.2) is 72.8 Å². The van der Waals surface area contributed by atoms with Crippen LogP contribution in [-0.2, 0) is 19.4 Å². The zero-order valence-corrected chi connectivity index (χ0v) is 34.7. The molecule has 4 aromatic rings. The van der Waals surface area contributed by atoms with Gasteiger partial charge in [0.25, 0.3) is 0 Å². The van der Waals surface area contributed by atoms with Crippen molar-refractivity contribution in [1.29, 1.82) is 0 Å². The van der Waals surface area contributed by atoms with Crippen LogP contribution in [0.5, 0.6) is 46.0 Å². The number of hydrogen-bond acceptors (Lipinski definition) is 14. The van der Waals surface area contributed by atoms with Gasteiger partial charge in [0, 0.05) is 24.3 Å². The number of carboxylic acids is 2. The maximum Gasteiger partial charge on any atom is 0.322 e. The molecule has 0 saturated carbocycles. The van der Waals surface area contributed by atoms with Crippen molar-refractivity contribution in [2.24, 2.45) is 0 Å². The highest BCUT2D eigenvalue weighted by Gasteiger charge is 2.35. The molecule has 0 heterocycles. The third kappa shape index (κ3) is 10.8. The summed E-state index contributed by atoms with van der Waals surface area (Å²) in [5, 5.41) is 21.6. The molecule has 4 rings (SSSR count). The highest BCUT2D eigenvalue weighted by atomic mass is 32.2. The molecule has 4 aromatic carbocycles. The van der Waals surface area contributed by atoms with Crippen molar-refractivity contribution in [3.8, 4) is 46.0 Å². The zero-order valence-electron chi connectivity index (χ0n) is 33.9. The molecule has 0 fully saturated rings. The zero-order chi connectivity index (χ0) is 43.3. The minimum absolute atomic E-state index is 0.227. The van der Waals surface area contributed by atoms with Gasteiger partial charge in [-0.3, -0.25) is 9.59 Å². The van der Waals surface area contributed by atoms with Crippen molar-refractivity contribution in [2.45, 2.75) is 10.5 Å². The van der Waals surface area contributed by atoms with Gasteiger partial charge in [-0.05, 0) is 47.5 Å². The van der Waals surface area contributed by atoms with Gasteiger partial charge in [-0.25, -0.2) is 8.42 Å². The van der Waals surface area contributed by atoms with Gasteiger partial charge in [0.05, 0.1) is 79.4 Å². The molecule has 0 radical (unpaired) electrons. The summed E-state index contributed by atoms with van der Waals surface area (Å²) in [5.41, 5.74) is 1.72. The van der Waals surface area contributed by atoms with Gasteiger partial charge >= 0.3 is 11.9 Å². The fourth-order valence-corrected chi connectivity index (χ4v) is 8.13. The summed E-state index contributed by atoms with van der Waals surface area (Å²) in [6.45, 7) is -0.968. The van der Waals surface area contributed by atoms with E-state index < -0.39 is 45.4 Å². The lowest BCUT2D eigenvalue weighted by molar-refractivity contribution is -0.135. The molecule has 316 valence electrons. The predicted octanol–water partition coefficient (Wildman–Crippen LogP) is 6.37. The lowest BCUT2D eigenvalue weighted by atomic mass is 10.1. The maximum absolute atomic E-state index is 15.6. The largest absolute Gasteiger partial charge is 0.496 e. The summed E-state index contributed by atoms with van der Waals surface area (Å²) < 4.78 is 75.6. The van der Waals surface area contributed by atoms with Gasteiger partial charge in [-0.2, -0.15) is 0 Å². The Morgan fingerprint density at radius 1 is 0.525 bits per heavy atom. The summed E-state index contributed by atoms with van der Waals surface area (Å²) in [5.74, 6) is 0.414. The van der Waals surface area contributed by atoms with Gasteiger partial charge in [0.2, 0.25) is 0 Å². The van der Waals surface area contributed by atoms with E-state index in [-0.39, 0.29) is 34.0 Å². The Morgan fingerprint density at radius 2 is 0.847 bits per heavy atom. The number of ether oxygens (including phenoxy) is 8. The number of methoxy groups -OCH3 is 8. The highest BCUT2D eigenvalue weighted by molar-refractivity contribution is 7.92. The second-order valence-corrected chi connectivity index (χ2v) is 14.6. The van der Waals surface area contributed by atoms with Gasteiger partial charge in [0.1, 0.15) is 69.6 Å². The molecule has 0 aliphatic carbocycles. The molecular weight excluding hydrogens is 789 g/mol. The van der Waals surface area contributed by atoms with Gasteiger partial charge in [0.15, 0.2) is 9.84 Å². The molecule has 0 spiro atoms. The number of hydrogen-bond donors (Lipinski definition) is 4. The number of carbonyl (C=O) groups is 2. The van der Waals surface area contributed by atoms with Crippen molar-refractivity contribution in [3.05, 3.63) is 95.1 Å². The van der Waals surface area contributed by atoms with Crippen LogP contribution in [0.2, 0.25) is 0 Å².